The fourth-order valence-corrected chi connectivity index (χ4v) is 8.30. The van der Waals surface area contributed by atoms with Crippen molar-refractivity contribution in [3.05, 3.63) is 47.2 Å². The quantitative estimate of drug-likeness (QED) is 0.0359. The predicted octanol–water partition coefficient (Wildman–Crippen LogP) is 10.0. The molecule has 4 N–H and O–H groups in total. The van der Waals surface area contributed by atoms with Gasteiger partial charge in [-0.05, 0) is 113 Å². The molecule has 0 bridgehead atoms. The molecule has 2 aromatic carbocycles. The van der Waals surface area contributed by atoms with E-state index in [1.807, 2.05) is 12.1 Å². The Hall–Kier alpha value is -1.83. The normalized spacial score (nSPS) is 11.6. The van der Waals surface area contributed by atoms with Crippen molar-refractivity contribution in [2.45, 2.75) is 104 Å². The van der Waals surface area contributed by atoms with Crippen LogP contribution in [0.5, 0.6) is 17.2 Å². The summed E-state index contributed by atoms with van der Waals surface area (Å²) < 4.78 is 13.7. The molecule has 0 aliphatic carbocycles. The third kappa shape index (κ3) is 16.4. The number of carbonyl (C=O) groups excluding carboxylic acids is 2. The van der Waals surface area contributed by atoms with Gasteiger partial charge in [0.05, 0.1) is 27.1 Å². The lowest BCUT2D eigenvalue weighted by atomic mass is 10.0. The summed E-state index contributed by atoms with van der Waals surface area (Å²) in [6.07, 6.45) is 14.2. The lowest BCUT2D eigenvalue weighted by Gasteiger charge is -2.14. The van der Waals surface area contributed by atoms with Crippen LogP contribution in [-0.2, 0) is 22.4 Å². The highest BCUT2D eigenvalue weighted by molar-refractivity contribution is 9.11. The van der Waals surface area contributed by atoms with Gasteiger partial charge in [-0.3, -0.25) is 9.59 Å². The maximum absolute atomic E-state index is 12.6. The Morgan fingerprint density at radius 3 is 2.00 bits per heavy atom. The Morgan fingerprint density at radius 2 is 1.41 bits per heavy atom. The fraction of sp³-hybridized carbons (Fsp3) is 0.583. The van der Waals surface area contributed by atoms with E-state index in [2.05, 4.69) is 93.4 Å². The van der Waals surface area contributed by atoms with Gasteiger partial charge in [0.2, 0.25) is 5.91 Å². The van der Waals surface area contributed by atoms with Crippen molar-refractivity contribution < 1.29 is 29.4 Å². The highest BCUT2D eigenvalue weighted by Crippen LogP contribution is 2.42. The zero-order chi connectivity index (χ0) is 36.2. The molecule has 0 fully saturated rings. The fourth-order valence-electron chi connectivity index (χ4n) is 5.26. The number of phenols is 1. The van der Waals surface area contributed by atoms with Crippen molar-refractivity contribution >= 4 is 81.2 Å². The first-order valence-electron chi connectivity index (χ1n) is 17.1. The Morgan fingerprint density at radius 1 is 0.816 bits per heavy atom. The monoisotopic (exact) mass is 937 g/mol. The summed E-state index contributed by atoms with van der Waals surface area (Å²) >= 11 is 13.8. The number of ether oxygens (including phenoxy) is 2. The van der Waals surface area contributed by atoms with E-state index < -0.39 is 5.91 Å². The summed E-state index contributed by atoms with van der Waals surface area (Å²) in [4.78, 5) is 24.9. The van der Waals surface area contributed by atoms with Crippen LogP contribution in [0.4, 0.5) is 0 Å². The molecule has 9 nitrogen and oxygen atoms in total. The SMILES string of the molecule is COc1c(Br)cc(C/C(=N\O)C(=O)NCCCOc2c(Br)cc(CCNC(=O)CCCCCCCCCCCC(C)C)cc2Br)c(O)c1Br. The molecule has 0 heterocycles. The van der Waals surface area contributed by atoms with Gasteiger partial charge in [-0.25, -0.2) is 0 Å². The lowest BCUT2D eigenvalue weighted by molar-refractivity contribution is -0.121. The number of hydrogen-bond acceptors (Lipinski definition) is 7. The third-order valence-corrected chi connectivity index (χ3v) is 10.5. The molecule has 49 heavy (non-hydrogen) atoms. The zero-order valence-corrected chi connectivity index (χ0v) is 35.2. The van der Waals surface area contributed by atoms with Gasteiger partial charge in [-0.1, -0.05) is 76.8 Å². The predicted molar refractivity (Wildman–Crippen MR) is 210 cm³/mol. The molecule has 2 aromatic rings. The van der Waals surface area contributed by atoms with Crippen LogP contribution in [0.1, 0.15) is 102 Å². The molecule has 0 aliphatic rings. The molecule has 0 saturated heterocycles. The number of nitrogens with one attached hydrogen (secondary N) is 2. The Labute approximate surface area is 325 Å². The number of benzene rings is 2. The van der Waals surface area contributed by atoms with E-state index in [4.69, 9.17) is 9.47 Å². The summed E-state index contributed by atoms with van der Waals surface area (Å²) in [5.74, 6) is 1.30. The van der Waals surface area contributed by atoms with Gasteiger partial charge < -0.3 is 30.4 Å². The largest absolute Gasteiger partial charge is 0.506 e. The van der Waals surface area contributed by atoms with Crippen molar-refractivity contribution in [3.8, 4) is 17.2 Å². The first kappa shape index (κ1) is 43.3. The van der Waals surface area contributed by atoms with E-state index in [0.29, 0.717) is 58.4 Å². The van der Waals surface area contributed by atoms with Crippen LogP contribution in [0, 0.1) is 5.92 Å². The topological polar surface area (TPSA) is 129 Å². The Balaban J connectivity index is 1.64. The first-order valence-corrected chi connectivity index (χ1v) is 20.3. The molecular weight excluding hydrogens is 890 g/mol. The maximum Gasteiger partial charge on any atom is 0.269 e. The molecule has 0 saturated carbocycles. The molecule has 0 spiro atoms. The minimum Gasteiger partial charge on any atom is -0.506 e. The van der Waals surface area contributed by atoms with Gasteiger partial charge in [0.1, 0.15) is 21.7 Å². The zero-order valence-electron chi connectivity index (χ0n) is 28.8. The standard InChI is InChI=1S/C36H51Br4N3O6/c1-24(2)14-11-9-7-5-4-6-8-10-12-15-31(44)41-18-16-25-20-27(37)34(28(38)21-25)49-19-13-17-42-36(46)30(43-47)23-26-22-29(39)35(48-3)32(40)33(26)45/h20-22,24,45,47H,4-19,23H2,1-3H3,(H,41,44)(H,42,46)/b43-30+. The first-order chi connectivity index (χ1) is 23.5. The minimum absolute atomic E-state index is 0.0964. The number of unbranched alkanes of at least 4 members (excludes halogenated alkanes) is 8. The number of methoxy groups -OCH3 is 1. The van der Waals surface area contributed by atoms with Crippen LogP contribution in [0.25, 0.3) is 0 Å². The summed E-state index contributed by atoms with van der Waals surface area (Å²) in [7, 11) is 1.47. The van der Waals surface area contributed by atoms with Gasteiger partial charge in [0.25, 0.3) is 5.91 Å². The number of rotatable bonds is 24. The second-order valence-corrected chi connectivity index (χ2v) is 15.9. The molecule has 13 heteroatoms. The molecular formula is C36H51Br4N3O6. The molecule has 0 aliphatic heterocycles. The van der Waals surface area contributed by atoms with E-state index in [1.165, 1.54) is 58.5 Å². The summed E-state index contributed by atoms with van der Waals surface area (Å²) in [6, 6.07) is 5.56. The molecule has 2 rings (SSSR count). The van der Waals surface area contributed by atoms with E-state index in [-0.39, 0.29) is 30.3 Å². The van der Waals surface area contributed by atoms with Gasteiger partial charge in [0.15, 0.2) is 5.75 Å². The smallest absolute Gasteiger partial charge is 0.269 e. The number of hydrogen-bond donors (Lipinski definition) is 4. The van der Waals surface area contributed by atoms with Crippen molar-refractivity contribution in [2.24, 2.45) is 11.1 Å². The van der Waals surface area contributed by atoms with Crippen molar-refractivity contribution in [1.82, 2.24) is 10.6 Å². The average molecular weight is 941 g/mol. The van der Waals surface area contributed by atoms with Gasteiger partial charge >= 0.3 is 0 Å². The van der Waals surface area contributed by atoms with Gasteiger partial charge in [-0.15, -0.1) is 0 Å². The van der Waals surface area contributed by atoms with E-state index in [1.54, 1.807) is 6.07 Å². The molecule has 0 atom stereocenters. The summed E-state index contributed by atoms with van der Waals surface area (Å²) in [6.45, 7) is 5.77. The number of nitrogens with zero attached hydrogens (tertiary/aromatic N) is 1. The molecule has 274 valence electrons. The summed E-state index contributed by atoms with van der Waals surface area (Å²) in [5, 5.41) is 28.8. The molecule has 0 radical (unpaired) electrons. The number of phenolic OH excluding ortho intramolecular Hbond substituents is 1. The van der Waals surface area contributed by atoms with E-state index in [9.17, 15) is 19.9 Å². The van der Waals surface area contributed by atoms with Crippen LogP contribution < -0.4 is 20.1 Å². The number of oxime groups is 1. The van der Waals surface area contributed by atoms with Crippen molar-refractivity contribution in [1.29, 1.82) is 0 Å². The molecule has 0 aromatic heterocycles. The second kappa shape index (κ2) is 24.4. The van der Waals surface area contributed by atoms with E-state index in [0.717, 1.165) is 33.3 Å². The van der Waals surface area contributed by atoms with Crippen LogP contribution in [0.3, 0.4) is 0 Å². The number of amides is 2. The number of halogens is 4. The third-order valence-electron chi connectivity index (χ3n) is 8.01. The number of carbonyl (C=O) groups is 2. The summed E-state index contributed by atoms with van der Waals surface area (Å²) in [5.41, 5.74) is 1.28. The number of aromatic hydroxyl groups is 1. The Kier molecular flexibility index (Phi) is 21.6. The lowest BCUT2D eigenvalue weighted by Crippen LogP contribution is -2.33. The minimum atomic E-state index is -0.558. The molecule has 2 amide bonds. The van der Waals surface area contributed by atoms with Crippen molar-refractivity contribution in [3.63, 3.8) is 0 Å². The van der Waals surface area contributed by atoms with E-state index >= 15 is 0 Å². The molecule has 0 unspecified atom stereocenters. The van der Waals surface area contributed by atoms with Crippen LogP contribution >= 0.6 is 63.7 Å². The highest BCUT2D eigenvalue weighted by atomic mass is 79.9. The van der Waals surface area contributed by atoms with Gasteiger partial charge in [0, 0.05) is 31.5 Å². The average Bonchev–Trinajstić information content (AvgIpc) is 3.05. The van der Waals surface area contributed by atoms with Crippen LogP contribution in [-0.4, -0.2) is 54.6 Å². The van der Waals surface area contributed by atoms with Crippen LogP contribution in [0.15, 0.2) is 41.2 Å². The Bertz CT molecular complexity index is 1350. The highest BCUT2D eigenvalue weighted by Gasteiger charge is 2.20. The maximum atomic E-state index is 12.6. The second-order valence-electron chi connectivity index (χ2n) is 12.5. The van der Waals surface area contributed by atoms with Gasteiger partial charge in [-0.2, -0.15) is 0 Å². The van der Waals surface area contributed by atoms with Crippen LogP contribution in [0.2, 0.25) is 0 Å². The van der Waals surface area contributed by atoms with Crippen molar-refractivity contribution in [2.75, 3.05) is 26.8 Å².